The van der Waals surface area contributed by atoms with Crippen LogP contribution in [0.4, 0.5) is 5.69 Å². The van der Waals surface area contributed by atoms with Gasteiger partial charge in [-0.2, -0.15) is 0 Å². The fourth-order valence-electron chi connectivity index (χ4n) is 2.03. The van der Waals surface area contributed by atoms with Crippen LogP contribution in [0.5, 0.6) is 0 Å². The van der Waals surface area contributed by atoms with Crippen LogP contribution in [-0.2, 0) is 4.79 Å². The highest BCUT2D eigenvalue weighted by molar-refractivity contribution is 6.30. The SMILES string of the molecule is O=C(CCN1CC[C@H](O)C1)Nc1ccc(Cl)cc1. The number of nitrogens with one attached hydrogen (secondary N) is 1. The average molecular weight is 269 g/mol. The number of likely N-dealkylation sites (tertiary alicyclic amines) is 1. The largest absolute Gasteiger partial charge is 0.392 e. The summed E-state index contributed by atoms with van der Waals surface area (Å²) in [7, 11) is 0. The molecule has 1 amide bonds. The van der Waals surface area contributed by atoms with E-state index in [1.54, 1.807) is 24.3 Å². The first-order valence-corrected chi connectivity index (χ1v) is 6.47. The maximum Gasteiger partial charge on any atom is 0.225 e. The number of benzene rings is 1. The van der Waals surface area contributed by atoms with E-state index in [0.29, 0.717) is 24.5 Å². The predicted molar refractivity (Wildman–Crippen MR) is 71.8 cm³/mol. The van der Waals surface area contributed by atoms with Crippen molar-refractivity contribution >= 4 is 23.2 Å². The molecule has 2 rings (SSSR count). The number of β-amino-alcohol motifs (C(OH)–C–C–N with tert-alkyl or cyclic N) is 1. The minimum atomic E-state index is -0.232. The molecule has 0 radical (unpaired) electrons. The highest BCUT2D eigenvalue weighted by atomic mass is 35.5. The fraction of sp³-hybridized carbons (Fsp3) is 0.462. The van der Waals surface area contributed by atoms with E-state index in [1.807, 2.05) is 0 Å². The summed E-state index contributed by atoms with van der Waals surface area (Å²) in [4.78, 5) is 13.8. The first-order valence-electron chi connectivity index (χ1n) is 6.09. The minimum Gasteiger partial charge on any atom is -0.392 e. The molecule has 1 aromatic rings. The van der Waals surface area contributed by atoms with Gasteiger partial charge in [0.1, 0.15) is 0 Å². The number of carbonyl (C=O) groups is 1. The topological polar surface area (TPSA) is 52.6 Å². The maximum absolute atomic E-state index is 11.7. The van der Waals surface area contributed by atoms with Crippen LogP contribution in [0.15, 0.2) is 24.3 Å². The fourth-order valence-corrected chi connectivity index (χ4v) is 2.16. The molecular formula is C13H17ClN2O2. The van der Waals surface area contributed by atoms with Crippen LogP contribution in [0, 0.1) is 0 Å². The van der Waals surface area contributed by atoms with E-state index in [9.17, 15) is 9.90 Å². The molecule has 1 aromatic carbocycles. The summed E-state index contributed by atoms with van der Waals surface area (Å²) in [5.74, 6) is -0.0151. The van der Waals surface area contributed by atoms with Gasteiger partial charge in [0.25, 0.3) is 0 Å². The van der Waals surface area contributed by atoms with Crippen molar-refractivity contribution in [3.8, 4) is 0 Å². The van der Waals surface area contributed by atoms with E-state index >= 15 is 0 Å². The molecular weight excluding hydrogens is 252 g/mol. The molecule has 2 N–H and O–H groups in total. The molecule has 0 bridgehead atoms. The quantitative estimate of drug-likeness (QED) is 0.875. The smallest absolute Gasteiger partial charge is 0.225 e. The van der Waals surface area contributed by atoms with Crippen molar-refractivity contribution in [2.75, 3.05) is 25.0 Å². The Labute approximate surface area is 112 Å². The summed E-state index contributed by atoms with van der Waals surface area (Å²) in [6, 6.07) is 7.04. The Morgan fingerprint density at radius 1 is 1.44 bits per heavy atom. The number of nitrogens with zero attached hydrogens (tertiary/aromatic N) is 1. The second kappa shape index (κ2) is 6.18. The monoisotopic (exact) mass is 268 g/mol. The Hall–Kier alpha value is -1.10. The second-order valence-electron chi connectivity index (χ2n) is 4.55. The third kappa shape index (κ3) is 3.98. The number of rotatable bonds is 4. The van der Waals surface area contributed by atoms with Crippen molar-refractivity contribution in [2.24, 2.45) is 0 Å². The lowest BCUT2D eigenvalue weighted by molar-refractivity contribution is -0.116. The summed E-state index contributed by atoms with van der Waals surface area (Å²) in [6.07, 6.45) is 1.01. The number of aliphatic hydroxyl groups excluding tert-OH is 1. The lowest BCUT2D eigenvalue weighted by Gasteiger charge is -2.14. The molecule has 1 fully saturated rings. The Kier molecular flexibility index (Phi) is 4.58. The summed E-state index contributed by atoms with van der Waals surface area (Å²) in [6.45, 7) is 2.24. The van der Waals surface area contributed by atoms with Gasteiger partial charge in [0.2, 0.25) is 5.91 Å². The zero-order valence-corrected chi connectivity index (χ0v) is 10.9. The molecule has 98 valence electrons. The van der Waals surface area contributed by atoms with Crippen LogP contribution in [0.1, 0.15) is 12.8 Å². The molecule has 0 aromatic heterocycles. The number of aliphatic hydroxyl groups is 1. The van der Waals surface area contributed by atoms with Gasteiger partial charge in [0.15, 0.2) is 0 Å². The van der Waals surface area contributed by atoms with Gasteiger partial charge in [-0.05, 0) is 30.7 Å². The van der Waals surface area contributed by atoms with E-state index < -0.39 is 0 Å². The molecule has 1 aliphatic rings. The third-order valence-electron chi connectivity index (χ3n) is 3.03. The summed E-state index contributed by atoms with van der Waals surface area (Å²) in [5, 5.41) is 12.8. The third-order valence-corrected chi connectivity index (χ3v) is 3.28. The summed E-state index contributed by atoms with van der Waals surface area (Å²) < 4.78 is 0. The minimum absolute atomic E-state index is 0.0151. The molecule has 1 atom stereocenters. The van der Waals surface area contributed by atoms with Crippen LogP contribution in [0.3, 0.4) is 0 Å². The van der Waals surface area contributed by atoms with Gasteiger partial charge in [-0.1, -0.05) is 11.6 Å². The van der Waals surface area contributed by atoms with E-state index in [2.05, 4.69) is 10.2 Å². The van der Waals surface area contributed by atoms with Gasteiger partial charge in [0.05, 0.1) is 6.10 Å². The first-order chi connectivity index (χ1) is 8.63. The van der Waals surface area contributed by atoms with Crippen LogP contribution >= 0.6 is 11.6 Å². The number of amides is 1. The first kappa shape index (κ1) is 13.3. The van der Waals surface area contributed by atoms with Gasteiger partial charge in [-0.3, -0.25) is 4.79 Å². The number of hydrogen-bond donors (Lipinski definition) is 2. The summed E-state index contributed by atoms with van der Waals surface area (Å²) in [5.41, 5.74) is 0.755. The Morgan fingerprint density at radius 3 is 2.78 bits per heavy atom. The van der Waals surface area contributed by atoms with E-state index in [-0.39, 0.29) is 12.0 Å². The molecule has 5 heteroatoms. The normalized spacial score (nSPS) is 20.0. The standard InChI is InChI=1S/C13H17ClN2O2/c14-10-1-3-11(4-2-10)15-13(18)6-8-16-7-5-12(17)9-16/h1-4,12,17H,5-9H2,(H,15,18)/t12-/m0/s1. The number of halogens is 1. The van der Waals surface area contributed by atoms with Crippen LogP contribution in [-0.4, -0.2) is 41.7 Å². The van der Waals surface area contributed by atoms with E-state index in [4.69, 9.17) is 11.6 Å². The van der Waals surface area contributed by atoms with Crippen molar-refractivity contribution in [3.05, 3.63) is 29.3 Å². The van der Waals surface area contributed by atoms with Crippen LogP contribution in [0.25, 0.3) is 0 Å². The summed E-state index contributed by atoms with van der Waals surface area (Å²) >= 11 is 5.77. The van der Waals surface area contributed by atoms with Gasteiger partial charge in [-0.25, -0.2) is 0 Å². The lowest BCUT2D eigenvalue weighted by atomic mass is 10.3. The second-order valence-corrected chi connectivity index (χ2v) is 4.98. The lowest BCUT2D eigenvalue weighted by Crippen LogP contribution is -2.26. The van der Waals surface area contributed by atoms with Gasteiger partial charge in [-0.15, -0.1) is 0 Å². The molecule has 1 saturated heterocycles. The maximum atomic E-state index is 11.7. The molecule has 0 aliphatic carbocycles. The van der Waals surface area contributed by atoms with Crippen molar-refractivity contribution < 1.29 is 9.90 Å². The van der Waals surface area contributed by atoms with Crippen LogP contribution in [0.2, 0.25) is 5.02 Å². The van der Waals surface area contributed by atoms with Gasteiger partial charge >= 0.3 is 0 Å². The molecule has 4 nitrogen and oxygen atoms in total. The van der Waals surface area contributed by atoms with Crippen molar-refractivity contribution in [2.45, 2.75) is 18.9 Å². The van der Waals surface area contributed by atoms with E-state index in [1.165, 1.54) is 0 Å². The van der Waals surface area contributed by atoms with E-state index in [0.717, 1.165) is 18.7 Å². The van der Waals surface area contributed by atoms with Crippen molar-refractivity contribution in [1.29, 1.82) is 0 Å². The molecule has 18 heavy (non-hydrogen) atoms. The average Bonchev–Trinajstić information content (AvgIpc) is 2.76. The molecule has 0 unspecified atom stereocenters. The highest BCUT2D eigenvalue weighted by Crippen LogP contribution is 2.14. The number of anilines is 1. The zero-order chi connectivity index (χ0) is 13.0. The Morgan fingerprint density at radius 2 is 2.17 bits per heavy atom. The van der Waals surface area contributed by atoms with Crippen molar-refractivity contribution in [1.82, 2.24) is 4.90 Å². The molecule has 1 aliphatic heterocycles. The zero-order valence-electron chi connectivity index (χ0n) is 10.1. The van der Waals surface area contributed by atoms with Gasteiger partial charge in [0, 0.05) is 36.8 Å². The Balaban J connectivity index is 1.73. The Bertz CT molecular complexity index is 408. The number of carbonyl (C=O) groups excluding carboxylic acids is 1. The predicted octanol–water partition coefficient (Wildman–Crippen LogP) is 1.74. The molecule has 0 spiro atoms. The van der Waals surface area contributed by atoms with Gasteiger partial charge < -0.3 is 15.3 Å². The number of hydrogen-bond acceptors (Lipinski definition) is 3. The van der Waals surface area contributed by atoms with Crippen LogP contribution < -0.4 is 5.32 Å². The molecule has 0 saturated carbocycles. The highest BCUT2D eigenvalue weighted by Gasteiger charge is 2.20. The van der Waals surface area contributed by atoms with Crippen molar-refractivity contribution in [3.63, 3.8) is 0 Å². The molecule has 1 heterocycles.